The molecule has 4 aromatic rings. The number of ether oxygens (including phenoxy) is 2. The van der Waals surface area contributed by atoms with Crippen LogP contribution in [-0.4, -0.2) is 53.2 Å². The van der Waals surface area contributed by atoms with Gasteiger partial charge in [0.25, 0.3) is 5.56 Å². The number of aromatic nitrogens is 3. The van der Waals surface area contributed by atoms with Crippen LogP contribution in [0.2, 0.25) is 0 Å². The van der Waals surface area contributed by atoms with Crippen LogP contribution >= 0.6 is 11.3 Å². The molecule has 2 heterocycles. The minimum Gasteiger partial charge on any atom is -0.610 e. The lowest BCUT2D eigenvalue weighted by atomic mass is 10.1. The van der Waals surface area contributed by atoms with Crippen molar-refractivity contribution in [2.24, 2.45) is 0 Å². The number of hydrogen-bond donors (Lipinski definition) is 0. The van der Waals surface area contributed by atoms with Gasteiger partial charge in [-0.05, 0) is 42.5 Å². The number of hydrogen-bond acceptors (Lipinski definition) is 9. The number of alkyl halides is 2. The first-order valence-electron chi connectivity index (χ1n) is 11.0. The van der Waals surface area contributed by atoms with E-state index in [0.717, 1.165) is 18.3 Å². The van der Waals surface area contributed by atoms with E-state index in [2.05, 4.69) is 9.97 Å². The maximum Gasteiger partial charge on any atom is 0.321 e. The molecule has 0 N–H and O–H groups in total. The number of halogens is 2. The van der Waals surface area contributed by atoms with Crippen molar-refractivity contribution in [3.63, 3.8) is 0 Å². The van der Waals surface area contributed by atoms with Gasteiger partial charge in [0, 0.05) is 22.8 Å². The first kappa shape index (κ1) is 28.0. The molecule has 0 fully saturated rings. The van der Waals surface area contributed by atoms with Gasteiger partial charge < -0.3 is 14.0 Å². The quantitative estimate of drug-likeness (QED) is 0.274. The van der Waals surface area contributed by atoms with Crippen molar-refractivity contribution in [1.82, 2.24) is 14.5 Å². The van der Waals surface area contributed by atoms with Gasteiger partial charge >= 0.3 is 10.3 Å². The molecule has 0 saturated heterocycles. The fraction of sp³-hybridized carbons (Fsp3) is 0.292. The maximum atomic E-state index is 16.1. The molecular formula is C24H23F2N3O6S3. The van der Waals surface area contributed by atoms with E-state index < -0.39 is 50.1 Å². The molecule has 14 heteroatoms. The van der Waals surface area contributed by atoms with Gasteiger partial charge in [-0.1, -0.05) is 18.2 Å². The second-order valence-corrected chi connectivity index (χ2v) is 13.0. The summed E-state index contributed by atoms with van der Waals surface area (Å²) in [5, 5.41) is -2.28. The Kier molecular flexibility index (Phi) is 7.79. The minimum atomic E-state index is -4.54. The van der Waals surface area contributed by atoms with Crippen molar-refractivity contribution >= 4 is 42.7 Å². The predicted octanol–water partition coefficient (Wildman–Crippen LogP) is 3.61. The predicted molar refractivity (Wildman–Crippen MR) is 140 cm³/mol. The number of nitrogens with zero attached hydrogens (tertiary/aromatic N) is 3. The summed E-state index contributed by atoms with van der Waals surface area (Å²) in [4.78, 5) is 21.1. The highest BCUT2D eigenvalue weighted by Gasteiger charge is 2.50. The molecule has 0 spiro atoms. The molecule has 2 unspecified atom stereocenters. The number of methoxy groups -OCH3 is 2. The molecule has 38 heavy (non-hydrogen) atoms. The van der Waals surface area contributed by atoms with Crippen LogP contribution in [0.15, 0.2) is 62.6 Å². The zero-order chi connectivity index (χ0) is 27.8. The number of benzene rings is 2. The van der Waals surface area contributed by atoms with Crippen molar-refractivity contribution in [2.75, 3.05) is 20.5 Å². The molecule has 4 rings (SSSR count). The summed E-state index contributed by atoms with van der Waals surface area (Å²) in [5.74, 6) is -4.48. The standard InChI is InChI=1S/C24H23F2N3O6S3/c1-14(38(32,33)17-8-6-5-7-9-17)24(25,26)22-28-20-19(27-23(36-20)37(4)31)21(30)29(22)13-15-10-11-16(34-2)12-18(15)35-3/h5-12,14H,13H2,1-4H3. The van der Waals surface area contributed by atoms with E-state index in [-0.39, 0.29) is 25.3 Å². The molecule has 0 aliphatic carbocycles. The molecule has 2 atom stereocenters. The fourth-order valence-corrected chi connectivity index (χ4v) is 6.79. The topological polar surface area (TPSA) is 123 Å². The molecule has 0 bridgehead atoms. The molecule has 202 valence electrons. The van der Waals surface area contributed by atoms with Crippen LogP contribution in [0, 0.1) is 0 Å². The van der Waals surface area contributed by atoms with E-state index in [1.807, 2.05) is 0 Å². The van der Waals surface area contributed by atoms with Crippen molar-refractivity contribution < 1.29 is 31.2 Å². The Morgan fingerprint density at radius 1 is 1.13 bits per heavy atom. The number of rotatable bonds is 9. The Balaban J connectivity index is 1.95. The minimum absolute atomic E-state index is 0.0311. The van der Waals surface area contributed by atoms with E-state index in [0.29, 0.717) is 15.9 Å². The lowest BCUT2D eigenvalue weighted by molar-refractivity contribution is -0.0178. The zero-order valence-corrected chi connectivity index (χ0v) is 23.1. The van der Waals surface area contributed by atoms with Gasteiger partial charge in [0.2, 0.25) is 0 Å². The number of fused-ring (bicyclic) bond motifs is 1. The van der Waals surface area contributed by atoms with Crippen LogP contribution in [0.4, 0.5) is 8.78 Å². The van der Waals surface area contributed by atoms with Gasteiger partial charge in [0.15, 0.2) is 26.0 Å². The van der Waals surface area contributed by atoms with Crippen LogP contribution in [0.1, 0.15) is 18.3 Å². The highest BCUT2D eigenvalue weighted by Crippen LogP contribution is 2.38. The Morgan fingerprint density at radius 3 is 2.42 bits per heavy atom. The van der Waals surface area contributed by atoms with Gasteiger partial charge in [-0.3, -0.25) is 9.36 Å². The summed E-state index contributed by atoms with van der Waals surface area (Å²) in [6.07, 6.45) is 1.34. The Labute approximate surface area is 224 Å². The zero-order valence-electron chi connectivity index (χ0n) is 20.7. The van der Waals surface area contributed by atoms with E-state index in [1.54, 1.807) is 12.1 Å². The smallest absolute Gasteiger partial charge is 0.321 e. The number of thiazole rings is 1. The maximum absolute atomic E-state index is 16.1. The third-order valence-electron chi connectivity index (χ3n) is 5.91. The van der Waals surface area contributed by atoms with Crippen molar-refractivity contribution in [1.29, 1.82) is 0 Å². The molecular weight excluding hydrogens is 560 g/mol. The summed E-state index contributed by atoms with van der Waals surface area (Å²) in [6, 6.07) is 11.5. The van der Waals surface area contributed by atoms with Crippen LogP contribution in [0.3, 0.4) is 0 Å². The van der Waals surface area contributed by atoms with Crippen LogP contribution in [0.5, 0.6) is 11.5 Å². The second kappa shape index (κ2) is 10.6. The van der Waals surface area contributed by atoms with E-state index in [9.17, 15) is 17.8 Å². The van der Waals surface area contributed by atoms with E-state index in [4.69, 9.17) is 9.47 Å². The highest BCUT2D eigenvalue weighted by atomic mass is 32.2. The highest BCUT2D eigenvalue weighted by molar-refractivity contribution is 7.92. The Morgan fingerprint density at radius 2 is 1.82 bits per heavy atom. The summed E-state index contributed by atoms with van der Waals surface area (Å²) < 4.78 is 81.8. The lowest BCUT2D eigenvalue weighted by Crippen LogP contribution is -2.41. The molecule has 9 nitrogen and oxygen atoms in total. The molecule has 2 aromatic heterocycles. The molecule has 0 radical (unpaired) electrons. The van der Waals surface area contributed by atoms with Crippen LogP contribution < -0.4 is 15.0 Å². The summed E-state index contributed by atoms with van der Waals surface area (Å²) in [6.45, 7) is 0.441. The third-order valence-corrected chi connectivity index (χ3v) is 10.4. The summed E-state index contributed by atoms with van der Waals surface area (Å²) in [7, 11) is -1.72. The average Bonchev–Trinajstić information content (AvgIpc) is 3.35. The molecule has 0 aliphatic heterocycles. The van der Waals surface area contributed by atoms with Gasteiger partial charge in [-0.15, -0.1) is 0 Å². The first-order valence-corrected chi connectivity index (χ1v) is 15.0. The van der Waals surface area contributed by atoms with Gasteiger partial charge in [0.1, 0.15) is 23.0 Å². The van der Waals surface area contributed by atoms with Gasteiger partial charge in [0.05, 0.1) is 25.7 Å². The molecule has 0 saturated carbocycles. The average molecular weight is 584 g/mol. The Bertz CT molecular complexity index is 1640. The molecule has 2 aromatic carbocycles. The number of sulfone groups is 1. The van der Waals surface area contributed by atoms with E-state index in [1.165, 1.54) is 56.9 Å². The van der Waals surface area contributed by atoms with Crippen molar-refractivity contribution in [3.05, 3.63) is 70.3 Å². The summed E-state index contributed by atoms with van der Waals surface area (Å²) in [5.41, 5.74) is -0.840. The van der Waals surface area contributed by atoms with Crippen molar-refractivity contribution in [2.45, 2.75) is 33.9 Å². The molecule has 0 amide bonds. The fourth-order valence-electron chi connectivity index (χ4n) is 3.76. The Hall–Kier alpha value is -3.07. The molecule has 0 aliphatic rings. The second-order valence-electron chi connectivity index (χ2n) is 8.22. The van der Waals surface area contributed by atoms with E-state index >= 15 is 8.78 Å². The van der Waals surface area contributed by atoms with Gasteiger partial charge in [-0.25, -0.2) is 13.4 Å². The largest absolute Gasteiger partial charge is 0.610 e. The van der Waals surface area contributed by atoms with Crippen LogP contribution in [-0.2, 0) is 33.5 Å². The van der Waals surface area contributed by atoms with Gasteiger partial charge in [-0.2, -0.15) is 13.8 Å². The summed E-state index contributed by atoms with van der Waals surface area (Å²) >= 11 is -0.864. The first-order chi connectivity index (χ1) is 17.9. The van der Waals surface area contributed by atoms with Crippen LogP contribution in [0.25, 0.3) is 10.3 Å². The lowest BCUT2D eigenvalue weighted by Gasteiger charge is -2.26. The SMILES string of the molecule is COc1ccc(Cn2c(C(F)(F)C(C)S(=O)(=O)c3ccccc3)nc3sc([S+](C)[O-])nc3c2=O)c(OC)c1. The normalized spacial score (nSPS) is 13.9. The third kappa shape index (κ3) is 5.00. The van der Waals surface area contributed by atoms with Crippen molar-refractivity contribution in [3.8, 4) is 11.5 Å². The monoisotopic (exact) mass is 583 g/mol.